The molecule has 0 amide bonds. The Labute approximate surface area is 108 Å². The molecule has 1 aromatic heterocycles. The highest BCUT2D eigenvalue weighted by Gasteiger charge is 2.28. The zero-order valence-corrected chi connectivity index (χ0v) is 11.7. The topological polar surface area (TPSA) is 33.1 Å². The van der Waals surface area contributed by atoms with Crippen LogP contribution in [0.3, 0.4) is 0 Å². The quantitative estimate of drug-likeness (QED) is 0.875. The Bertz CT molecular complexity index is 352. The number of hydrogen-bond donors (Lipinski definition) is 1. The lowest BCUT2D eigenvalue weighted by Gasteiger charge is -2.37. The van der Waals surface area contributed by atoms with Crippen LogP contribution in [0.1, 0.15) is 18.5 Å². The Morgan fingerprint density at radius 1 is 1.65 bits per heavy atom. The third-order valence-electron chi connectivity index (χ3n) is 3.48. The van der Waals surface area contributed by atoms with E-state index in [0.717, 1.165) is 6.54 Å². The number of thioether (sulfide) groups is 1. The minimum Gasteiger partial charge on any atom is -0.312 e. The van der Waals surface area contributed by atoms with Gasteiger partial charge in [-0.1, -0.05) is 0 Å². The summed E-state index contributed by atoms with van der Waals surface area (Å²) in [6.45, 7) is 4.23. The van der Waals surface area contributed by atoms with Crippen molar-refractivity contribution >= 4 is 11.8 Å². The first kappa shape index (κ1) is 12.9. The first-order chi connectivity index (χ1) is 8.26. The predicted molar refractivity (Wildman–Crippen MR) is 73.4 cm³/mol. The monoisotopic (exact) mass is 254 g/mol. The fourth-order valence-corrected chi connectivity index (χ4v) is 3.62. The SMILES string of the molecule is CCn1cc(C(NC)C2CSCCN2C)cn1. The zero-order chi connectivity index (χ0) is 12.3. The highest BCUT2D eigenvalue weighted by Crippen LogP contribution is 2.26. The second kappa shape index (κ2) is 5.89. The molecule has 17 heavy (non-hydrogen) atoms. The number of nitrogens with zero attached hydrogens (tertiary/aromatic N) is 3. The Kier molecular flexibility index (Phi) is 4.48. The maximum Gasteiger partial charge on any atom is 0.0538 e. The molecule has 2 rings (SSSR count). The molecule has 1 N–H and O–H groups in total. The highest BCUT2D eigenvalue weighted by molar-refractivity contribution is 7.99. The van der Waals surface area contributed by atoms with E-state index in [1.165, 1.54) is 23.6 Å². The van der Waals surface area contributed by atoms with Gasteiger partial charge in [-0.3, -0.25) is 9.58 Å². The van der Waals surface area contributed by atoms with Gasteiger partial charge in [-0.05, 0) is 21.0 Å². The van der Waals surface area contributed by atoms with Crippen molar-refractivity contribution in [2.24, 2.45) is 0 Å². The molecular weight excluding hydrogens is 232 g/mol. The largest absolute Gasteiger partial charge is 0.312 e. The number of likely N-dealkylation sites (N-methyl/N-ethyl adjacent to an activating group) is 2. The van der Waals surface area contributed by atoms with Gasteiger partial charge in [0.25, 0.3) is 0 Å². The molecule has 1 aromatic rings. The van der Waals surface area contributed by atoms with Crippen molar-refractivity contribution in [1.29, 1.82) is 0 Å². The zero-order valence-electron chi connectivity index (χ0n) is 10.9. The van der Waals surface area contributed by atoms with Crippen LogP contribution in [0.4, 0.5) is 0 Å². The summed E-state index contributed by atoms with van der Waals surface area (Å²) < 4.78 is 2.00. The van der Waals surface area contributed by atoms with E-state index in [4.69, 9.17) is 0 Å². The second-order valence-corrected chi connectivity index (χ2v) is 5.67. The van der Waals surface area contributed by atoms with E-state index >= 15 is 0 Å². The first-order valence-electron chi connectivity index (χ1n) is 6.24. The fourth-order valence-electron chi connectivity index (χ4n) is 2.35. The minimum absolute atomic E-state index is 0.382. The Morgan fingerprint density at radius 2 is 2.47 bits per heavy atom. The first-order valence-corrected chi connectivity index (χ1v) is 7.39. The summed E-state index contributed by atoms with van der Waals surface area (Å²) in [5, 5.41) is 7.82. The van der Waals surface area contributed by atoms with E-state index in [-0.39, 0.29) is 0 Å². The van der Waals surface area contributed by atoms with E-state index in [1.54, 1.807) is 0 Å². The van der Waals surface area contributed by atoms with Crippen LogP contribution >= 0.6 is 11.8 Å². The third-order valence-corrected chi connectivity index (χ3v) is 4.52. The maximum absolute atomic E-state index is 4.37. The Balaban J connectivity index is 2.14. The maximum atomic E-state index is 4.37. The molecule has 0 saturated carbocycles. The summed E-state index contributed by atoms with van der Waals surface area (Å²) in [5.74, 6) is 2.44. The Hall–Kier alpha value is -0.520. The van der Waals surface area contributed by atoms with Gasteiger partial charge in [-0.15, -0.1) is 0 Å². The summed E-state index contributed by atoms with van der Waals surface area (Å²) in [5.41, 5.74) is 1.30. The van der Waals surface area contributed by atoms with Crippen LogP contribution in [-0.4, -0.2) is 52.9 Å². The molecule has 0 aliphatic carbocycles. The van der Waals surface area contributed by atoms with E-state index in [0.29, 0.717) is 12.1 Å². The fraction of sp³-hybridized carbons (Fsp3) is 0.750. The van der Waals surface area contributed by atoms with E-state index in [2.05, 4.69) is 35.5 Å². The number of hydrogen-bond acceptors (Lipinski definition) is 4. The van der Waals surface area contributed by atoms with Crippen LogP contribution < -0.4 is 5.32 Å². The lowest BCUT2D eigenvalue weighted by Crippen LogP contribution is -2.46. The van der Waals surface area contributed by atoms with E-state index < -0.39 is 0 Å². The standard InChI is InChI=1S/C12H22N4S/c1-4-16-8-10(7-14-16)12(13-2)11-9-17-6-5-15(11)3/h7-8,11-13H,4-6,9H2,1-3H3. The summed E-state index contributed by atoms with van der Waals surface area (Å²) in [6, 6.07) is 0.946. The minimum atomic E-state index is 0.382. The summed E-state index contributed by atoms with van der Waals surface area (Å²) in [7, 11) is 4.26. The van der Waals surface area contributed by atoms with Gasteiger partial charge in [0.1, 0.15) is 0 Å². The molecule has 0 bridgehead atoms. The molecule has 1 aliphatic heterocycles. The average Bonchev–Trinajstić information content (AvgIpc) is 2.81. The molecule has 4 nitrogen and oxygen atoms in total. The molecule has 1 saturated heterocycles. The van der Waals surface area contributed by atoms with Crippen LogP contribution in [0, 0.1) is 0 Å². The molecule has 5 heteroatoms. The normalized spacial score (nSPS) is 23.8. The molecule has 1 aliphatic rings. The van der Waals surface area contributed by atoms with Crippen molar-refractivity contribution < 1.29 is 0 Å². The number of aromatic nitrogens is 2. The summed E-state index contributed by atoms with van der Waals surface area (Å²) in [4.78, 5) is 2.46. The second-order valence-electron chi connectivity index (χ2n) is 4.52. The molecule has 2 atom stereocenters. The Morgan fingerprint density at radius 3 is 3.06 bits per heavy atom. The smallest absolute Gasteiger partial charge is 0.0538 e. The molecule has 2 heterocycles. The van der Waals surface area contributed by atoms with Gasteiger partial charge < -0.3 is 5.32 Å². The van der Waals surface area contributed by atoms with Gasteiger partial charge in [-0.25, -0.2) is 0 Å². The highest BCUT2D eigenvalue weighted by atomic mass is 32.2. The van der Waals surface area contributed by atoms with Crippen molar-refractivity contribution in [2.45, 2.75) is 25.6 Å². The van der Waals surface area contributed by atoms with Gasteiger partial charge in [-0.2, -0.15) is 16.9 Å². The van der Waals surface area contributed by atoms with Crippen molar-refractivity contribution in [2.75, 3.05) is 32.1 Å². The molecule has 0 aromatic carbocycles. The van der Waals surface area contributed by atoms with Crippen LogP contribution in [0.2, 0.25) is 0 Å². The van der Waals surface area contributed by atoms with Crippen molar-refractivity contribution in [3.05, 3.63) is 18.0 Å². The van der Waals surface area contributed by atoms with Crippen LogP contribution in [0.5, 0.6) is 0 Å². The molecular formula is C12H22N4S. The van der Waals surface area contributed by atoms with Gasteiger partial charge in [0.2, 0.25) is 0 Å². The summed E-state index contributed by atoms with van der Waals surface area (Å²) >= 11 is 2.05. The molecule has 2 unspecified atom stereocenters. The number of rotatable bonds is 4. The van der Waals surface area contributed by atoms with E-state index in [9.17, 15) is 0 Å². The molecule has 96 valence electrons. The number of nitrogens with one attached hydrogen (secondary N) is 1. The van der Waals surface area contributed by atoms with E-state index in [1.807, 2.05) is 29.7 Å². The third kappa shape index (κ3) is 2.84. The number of aryl methyl sites for hydroxylation is 1. The van der Waals surface area contributed by atoms with Gasteiger partial charge in [0.15, 0.2) is 0 Å². The lowest BCUT2D eigenvalue weighted by atomic mass is 10.0. The van der Waals surface area contributed by atoms with Crippen LogP contribution in [0.15, 0.2) is 12.4 Å². The molecule has 0 radical (unpaired) electrons. The molecule has 1 fully saturated rings. The van der Waals surface area contributed by atoms with Crippen LogP contribution in [-0.2, 0) is 6.54 Å². The van der Waals surface area contributed by atoms with Crippen molar-refractivity contribution in [3.63, 3.8) is 0 Å². The van der Waals surface area contributed by atoms with Crippen LogP contribution in [0.25, 0.3) is 0 Å². The van der Waals surface area contributed by atoms with Crippen molar-refractivity contribution in [1.82, 2.24) is 20.0 Å². The summed E-state index contributed by atoms with van der Waals surface area (Å²) in [6.07, 6.45) is 4.16. The van der Waals surface area contributed by atoms with Gasteiger partial charge in [0.05, 0.1) is 12.2 Å². The predicted octanol–water partition coefficient (Wildman–Crippen LogP) is 1.21. The lowest BCUT2D eigenvalue weighted by molar-refractivity contribution is 0.221. The van der Waals surface area contributed by atoms with Gasteiger partial charge >= 0.3 is 0 Å². The van der Waals surface area contributed by atoms with Crippen molar-refractivity contribution in [3.8, 4) is 0 Å². The average molecular weight is 254 g/mol. The van der Waals surface area contributed by atoms with Gasteiger partial charge in [0, 0.05) is 42.4 Å². The molecule has 0 spiro atoms.